The number of halogens is 1. The van der Waals surface area contributed by atoms with Crippen molar-refractivity contribution >= 4 is 33.7 Å². The Balaban J connectivity index is 1.93. The highest BCUT2D eigenvalue weighted by molar-refractivity contribution is 9.10. The predicted octanol–water partition coefficient (Wildman–Crippen LogP) is 2.70. The largest absolute Gasteiger partial charge is 0.378 e. The normalized spacial score (nSPS) is 12.2. The maximum absolute atomic E-state index is 11.9. The third-order valence-corrected chi connectivity index (χ3v) is 3.76. The quantitative estimate of drug-likeness (QED) is 0.623. The van der Waals surface area contributed by atoms with Crippen LogP contribution < -0.4 is 10.3 Å². The second kappa shape index (κ2) is 7.89. The summed E-state index contributed by atoms with van der Waals surface area (Å²) in [5.74, 6) is -0.575. The van der Waals surface area contributed by atoms with E-state index >= 15 is 0 Å². The summed E-state index contributed by atoms with van der Waals surface area (Å²) in [7, 11) is 3.93. The minimum atomic E-state index is -1.25. The number of carbonyl (C=O) groups excluding carboxylic acids is 1. The summed E-state index contributed by atoms with van der Waals surface area (Å²) in [6.45, 7) is 0. The summed E-state index contributed by atoms with van der Waals surface area (Å²) in [6.07, 6.45) is 0.280. The average Bonchev–Trinajstić information content (AvgIpc) is 2.55. The lowest BCUT2D eigenvalue weighted by atomic mass is 10.1. The molecule has 6 heteroatoms. The highest BCUT2D eigenvalue weighted by Crippen LogP contribution is 2.17. The molecule has 0 aromatic heterocycles. The maximum atomic E-state index is 11.9. The molecule has 0 aliphatic heterocycles. The van der Waals surface area contributed by atoms with E-state index in [1.54, 1.807) is 24.3 Å². The molecule has 0 radical (unpaired) electrons. The zero-order valence-corrected chi connectivity index (χ0v) is 14.5. The lowest BCUT2D eigenvalue weighted by Gasteiger charge is -2.11. The Hall–Kier alpha value is -2.18. The van der Waals surface area contributed by atoms with Gasteiger partial charge < -0.3 is 10.0 Å². The van der Waals surface area contributed by atoms with E-state index in [2.05, 4.69) is 26.5 Å². The van der Waals surface area contributed by atoms with Crippen LogP contribution in [0.2, 0.25) is 0 Å². The van der Waals surface area contributed by atoms with Crippen molar-refractivity contribution in [2.24, 2.45) is 5.10 Å². The Morgan fingerprint density at radius 1 is 1.17 bits per heavy atom. The highest BCUT2D eigenvalue weighted by atomic mass is 79.9. The Morgan fingerprint density at radius 3 is 2.35 bits per heavy atom. The van der Waals surface area contributed by atoms with Crippen LogP contribution >= 0.6 is 15.9 Å². The number of hydrogen-bond acceptors (Lipinski definition) is 4. The fourth-order valence-corrected chi connectivity index (χ4v) is 2.15. The van der Waals surface area contributed by atoms with Gasteiger partial charge in [-0.3, -0.25) is 4.79 Å². The minimum absolute atomic E-state index is 0.510. The fraction of sp³-hybridized carbons (Fsp3) is 0.176. The van der Waals surface area contributed by atoms with Crippen LogP contribution in [-0.4, -0.2) is 31.3 Å². The Labute approximate surface area is 143 Å². The van der Waals surface area contributed by atoms with Crippen molar-refractivity contribution in [3.05, 3.63) is 64.1 Å². The molecule has 23 heavy (non-hydrogen) atoms. The smallest absolute Gasteiger partial charge is 0.273 e. The van der Waals surface area contributed by atoms with Crippen LogP contribution in [0.4, 0.5) is 5.69 Å². The molecule has 120 valence electrons. The zero-order chi connectivity index (χ0) is 16.8. The number of rotatable bonds is 5. The molecule has 0 heterocycles. The number of aliphatic hydroxyl groups excluding tert-OH is 1. The predicted molar refractivity (Wildman–Crippen MR) is 95.6 cm³/mol. The molecule has 0 bridgehead atoms. The molecule has 2 aromatic rings. The van der Waals surface area contributed by atoms with E-state index in [0.29, 0.717) is 5.56 Å². The SMILES string of the molecule is CN(C)c1ccc(/C=N\NC(=O)[C@@H](O)c2ccc(Br)cc2)cc1. The van der Waals surface area contributed by atoms with Crippen molar-refractivity contribution in [1.82, 2.24) is 5.43 Å². The molecular formula is C17H18BrN3O2. The number of carbonyl (C=O) groups is 1. The van der Waals surface area contributed by atoms with Gasteiger partial charge in [-0.25, -0.2) is 5.43 Å². The van der Waals surface area contributed by atoms with Gasteiger partial charge in [-0.15, -0.1) is 0 Å². The number of amides is 1. The van der Waals surface area contributed by atoms with Crippen LogP contribution in [0.25, 0.3) is 0 Å². The first-order valence-corrected chi connectivity index (χ1v) is 7.80. The third kappa shape index (κ3) is 4.91. The van der Waals surface area contributed by atoms with Gasteiger partial charge in [0, 0.05) is 24.3 Å². The summed E-state index contributed by atoms with van der Waals surface area (Å²) >= 11 is 3.30. The lowest BCUT2D eigenvalue weighted by Crippen LogP contribution is -2.25. The molecule has 0 spiro atoms. The molecule has 1 atom stereocenters. The van der Waals surface area contributed by atoms with Crippen molar-refractivity contribution in [3.8, 4) is 0 Å². The lowest BCUT2D eigenvalue weighted by molar-refractivity contribution is -0.129. The summed E-state index contributed by atoms with van der Waals surface area (Å²) in [5, 5.41) is 13.8. The molecular weight excluding hydrogens is 358 g/mol. The number of nitrogens with zero attached hydrogens (tertiary/aromatic N) is 2. The summed E-state index contributed by atoms with van der Waals surface area (Å²) in [5.41, 5.74) is 4.79. The molecule has 2 N–H and O–H groups in total. The highest BCUT2D eigenvalue weighted by Gasteiger charge is 2.16. The standard InChI is InChI=1S/C17H18BrN3O2/c1-21(2)15-9-3-12(4-10-15)11-19-20-17(23)16(22)13-5-7-14(18)8-6-13/h3-11,16,22H,1-2H3,(H,20,23)/b19-11-/t16-/m0/s1. The van der Waals surface area contributed by atoms with Crippen molar-refractivity contribution in [2.75, 3.05) is 19.0 Å². The fourth-order valence-electron chi connectivity index (χ4n) is 1.89. The van der Waals surface area contributed by atoms with Gasteiger partial charge in [0.1, 0.15) is 0 Å². The Morgan fingerprint density at radius 2 is 1.78 bits per heavy atom. The van der Waals surface area contributed by atoms with Gasteiger partial charge in [-0.05, 0) is 35.4 Å². The third-order valence-electron chi connectivity index (χ3n) is 3.23. The molecule has 0 aliphatic rings. The Bertz CT molecular complexity index is 682. The topological polar surface area (TPSA) is 64.9 Å². The van der Waals surface area contributed by atoms with Crippen LogP contribution in [0.1, 0.15) is 17.2 Å². The minimum Gasteiger partial charge on any atom is -0.378 e. The van der Waals surface area contributed by atoms with Gasteiger partial charge in [-0.2, -0.15) is 5.10 Å². The molecule has 1 amide bonds. The zero-order valence-electron chi connectivity index (χ0n) is 12.9. The van der Waals surface area contributed by atoms with Crippen molar-refractivity contribution in [3.63, 3.8) is 0 Å². The van der Waals surface area contributed by atoms with Gasteiger partial charge in [0.15, 0.2) is 6.10 Å². The molecule has 0 saturated carbocycles. The first kappa shape index (κ1) is 17.2. The van der Waals surface area contributed by atoms with Crippen LogP contribution in [0, 0.1) is 0 Å². The van der Waals surface area contributed by atoms with E-state index in [1.807, 2.05) is 43.3 Å². The number of nitrogens with one attached hydrogen (secondary N) is 1. The number of hydrazone groups is 1. The van der Waals surface area contributed by atoms with Gasteiger partial charge in [0.05, 0.1) is 6.21 Å². The van der Waals surface area contributed by atoms with E-state index in [-0.39, 0.29) is 0 Å². The summed E-state index contributed by atoms with van der Waals surface area (Å²) < 4.78 is 0.882. The van der Waals surface area contributed by atoms with Crippen LogP contribution in [0.15, 0.2) is 58.1 Å². The van der Waals surface area contributed by atoms with Crippen LogP contribution in [0.5, 0.6) is 0 Å². The number of anilines is 1. The number of benzene rings is 2. The molecule has 2 rings (SSSR count). The van der Waals surface area contributed by atoms with E-state index < -0.39 is 12.0 Å². The number of aliphatic hydroxyl groups is 1. The second-order valence-electron chi connectivity index (χ2n) is 5.17. The maximum Gasteiger partial charge on any atom is 0.273 e. The van der Waals surface area contributed by atoms with E-state index in [0.717, 1.165) is 15.7 Å². The van der Waals surface area contributed by atoms with Crippen LogP contribution in [-0.2, 0) is 4.79 Å². The van der Waals surface area contributed by atoms with Gasteiger partial charge in [0.2, 0.25) is 0 Å². The monoisotopic (exact) mass is 375 g/mol. The van der Waals surface area contributed by atoms with E-state index in [9.17, 15) is 9.90 Å². The number of hydrogen-bond donors (Lipinski definition) is 2. The van der Waals surface area contributed by atoms with Crippen molar-refractivity contribution < 1.29 is 9.90 Å². The van der Waals surface area contributed by atoms with Gasteiger partial charge in [0.25, 0.3) is 5.91 Å². The molecule has 2 aromatic carbocycles. The van der Waals surface area contributed by atoms with E-state index in [4.69, 9.17) is 0 Å². The first-order valence-electron chi connectivity index (χ1n) is 7.01. The molecule has 0 saturated heterocycles. The van der Waals surface area contributed by atoms with Crippen molar-refractivity contribution in [2.45, 2.75) is 6.10 Å². The second-order valence-corrected chi connectivity index (χ2v) is 6.09. The van der Waals surface area contributed by atoms with Crippen LogP contribution in [0.3, 0.4) is 0 Å². The first-order chi connectivity index (χ1) is 11.0. The van der Waals surface area contributed by atoms with Gasteiger partial charge in [-0.1, -0.05) is 40.2 Å². The Kier molecular flexibility index (Phi) is 5.90. The summed E-state index contributed by atoms with van der Waals surface area (Å²) in [4.78, 5) is 13.9. The molecule has 0 unspecified atom stereocenters. The molecule has 0 fully saturated rings. The van der Waals surface area contributed by atoms with Gasteiger partial charge >= 0.3 is 0 Å². The summed E-state index contributed by atoms with van der Waals surface area (Å²) in [6, 6.07) is 14.6. The molecule has 0 aliphatic carbocycles. The molecule has 5 nitrogen and oxygen atoms in total. The average molecular weight is 376 g/mol. The van der Waals surface area contributed by atoms with E-state index in [1.165, 1.54) is 6.21 Å². The van der Waals surface area contributed by atoms with Crippen molar-refractivity contribution in [1.29, 1.82) is 0 Å².